The highest BCUT2D eigenvalue weighted by molar-refractivity contribution is 14.1. The number of carboxylic acids is 1. The summed E-state index contributed by atoms with van der Waals surface area (Å²) in [6, 6.07) is 1.06. The molecule has 1 aromatic heterocycles. The van der Waals surface area contributed by atoms with Crippen molar-refractivity contribution in [2.45, 2.75) is 6.43 Å². The fraction of sp³-hybridized carbons (Fsp3) is 0.250. The monoisotopic (exact) mass is 329 g/mol. The maximum absolute atomic E-state index is 12.5. The van der Waals surface area contributed by atoms with Crippen LogP contribution in [-0.2, 0) is 0 Å². The van der Waals surface area contributed by atoms with Crippen molar-refractivity contribution in [1.82, 2.24) is 4.98 Å². The number of nitrogens with zero attached hydrogens (tertiary/aromatic N) is 1. The third kappa shape index (κ3) is 2.52. The molecule has 0 amide bonds. The van der Waals surface area contributed by atoms with Crippen LogP contribution in [0.3, 0.4) is 0 Å². The van der Waals surface area contributed by atoms with Crippen LogP contribution in [0.1, 0.15) is 22.5 Å². The summed E-state index contributed by atoms with van der Waals surface area (Å²) in [5, 5.41) is 8.70. The first kappa shape index (κ1) is 12.1. The highest BCUT2D eigenvalue weighted by Gasteiger charge is 2.20. The van der Waals surface area contributed by atoms with Crippen molar-refractivity contribution in [2.24, 2.45) is 0 Å². The lowest BCUT2D eigenvalue weighted by molar-refractivity contribution is 0.0687. The zero-order valence-electron chi connectivity index (χ0n) is 7.50. The van der Waals surface area contributed by atoms with Gasteiger partial charge in [-0.2, -0.15) is 0 Å². The summed E-state index contributed by atoms with van der Waals surface area (Å²) in [7, 11) is 1.16. The number of hydrogen-bond acceptors (Lipinski definition) is 3. The summed E-state index contributed by atoms with van der Waals surface area (Å²) in [4.78, 5) is 14.2. The van der Waals surface area contributed by atoms with E-state index in [-0.39, 0.29) is 15.1 Å². The SMILES string of the molecule is COc1nc(C(=O)O)c(I)cc1C(F)F. The number of hydrogen-bond donors (Lipinski definition) is 1. The second-order valence-electron chi connectivity index (χ2n) is 2.52. The number of ether oxygens (including phenoxy) is 1. The number of alkyl halides is 2. The molecule has 15 heavy (non-hydrogen) atoms. The number of rotatable bonds is 3. The maximum Gasteiger partial charge on any atom is 0.355 e. The normalized spacial score (nSPS) is 10.5. The minimum atomic E-state index is -2.75. The minimum absolute atomic E-state index is 0.149. The Morgan fingerprint density at radius 2 is 2.27 bits per heavy atom. The second kappa shape index (κ2) is 4.69. The fourth-order valence-corrected chi connectivity index (χ4v) is 1.64. The zero-order valence-corrected chi connectivity index (χ0v) is 9.66. The van der Waals surface area contributed by atoms with Crippen LogP contribution in [0.25, 0.3) is 0 Å². The molecule has 82 valence electrons. The number of halogens is 3. The number of aromatic carboxylic acids is 1. The van der Waals surface area contributed by atoms with Crippen molar-refractivity contribution in [1.29, 1.82) is 0 Å². The van der Waals surface area contributed by atoms with Crippen LogP contribution < -0.4 is 4.74 Å². The molecule has 7 heteroatoms. The molecule has 0 saturated heterocycles. The summed E-state index contributed by atoms with van der Waals surface area (Å²) < 4.78 is 29.7. The van der Waals surface area contributed by atoms with Crippen molar-refractivity contribution in [3.8, 4) is 5.88 Å². The van der Waals surface area contributed by atoms with E-state index in [9.17, 15) is 13.6 Å². The molecule has 1 aromatic rings. The molecule has 0 unspecified atom stereocenters. The van der Waals surface area contributed by atoms with E-state index in [0.29, 0.717) is 0 Å². The Hall–Kier alpha value is -0.990. The van der Waals surface area contributed by atoms with Crippen molar-refractivity contribution in [3.05, 3.63) is 20.9 Å². The molecule has 0 radical (unpaired) electrons. The second-order valence-corrected chi connectivity index (χ2v) is 3.69. The summed E-state index contributed by atoms with van der Waals surface area (Å²) >= 11 is 1.64. The van der Waals surface area contributed by atoms with E-state index in [1.807, 2.05) is 0 Å². The molecule has 4 nitrogen and oxygen atoms in total. The van der Waals surface area contributed by atoms with Gasteiger partial charge in [0.25, 0.3) is 6.43 Å². The molecular weight excluding hydrogens is 323 g/mol. The molecule has 0 saturated carbocycles. The van der Waals surface area contributed by atoms with Gasteiger partial charge in [0.1, 0.15) is 0 Å². The molecule has 0 atom stereocenters. The lowest BCUT2D eigenvalue weighted by atomic mass is 10.2. The molecule has 1 heterocycles. The summed E-state index contributed by atoms with van der Waals surface area (Å²) in [5.41, 5.74) is -0.705. The van der Waals surface area contributed by atoms with Crippen LogP contribution in [0.2, 0.25) is 0 Å². The predicted octanol–water partition coefficient (Wildman–Crippen LogP) is 2.33. The molecule has 1 rings (SSSR count). The van der Waals surface area contributed by atoms with Crippen LogP contribution >= 0.6 is 22.6 Å². The standard InChI is InChI=1S/C8H6F2INO3/c1-15-7-3(6(9)10)2-4(11)5(12-7)8(13)14/h2,6H,1H3,(H,13,14). The van der Waals surface area contributed by atoms with Gasteiger partial charge in [-0.25, -0.2) is 18.6 Å². The van der Waals surface area contributed by atoms with Crippen LogP contribution in [-0.4, -0.2) is 23.2 Å². The van der Waals surface area contributed by atoms with Gasteiger partial charge in [0.2, 0.25) is 5.88 Å². The Bertz CT molecular complexity index is 398. The van der Waals surface area contributed by atoms with Crippen LogP contribution in [0.5, 0.6) is 5.88 Å². The highest BCUT2D eigenvalue weighted by atomic mass is 127. The Morgan fingerprint density at radius 3 is 2.67 bits per heavy atom. The summed E-state index contributed by atoms with van der Waals surface area (Å²) in [6.07, 6.45) is -2.75. The third-order valence-corrected chi connectivity index (χ3v) is 2.42. The van der Waals surface area contributed by atoms with Crippen molar-refractivity contribution in [3.63, 3.8) is 0 Å². The van der Waals surface area contributed by atoms with Crippen molar-refractivity contribution in [2.75, 3.05) is 7.11 Å². The molecule has 0 aliphatic carbocycles. The first-order chi connectivity index (χ1) is 6.97. The average molecular weight is 329 g/mol. The Kier molecular flexibility index (Phi) is 3.77. The maximum atomic E-state index is 12.5. The topological polar surface area (TPSA) is 59.4 Å². The molecular formula is C8H6F2INO3. The van der Waals surface area contributed by atoms with Gasteiger partial charge in [-0.15, -0.1) is 0 Å². The fourth-order valence-electron chi connectivity index (χ4n) is 0.956. The Labute approximate surface area is 97.4 Å². The number of carbonyl (C=O) groups is 1. The third-order valence-electron chi connectivity index (χ3n) is 1.60. The van der Waals surface area contributed by atoms with Crippen molar-refractivity contribution < 1.29 is 23.4 Å². The van der Waals surface area contributed by atoms with Gasteiger partial charge in [0, 0.05) is 3.57 Å². The highest BCUT2D eigenvalue weighted by Crippen LogP contribution is 2.29. The van der Waals surface area contributed by atoms with E-state index in [2.05, 4.69) is 9.72 Å². The molecule has 0 aliphatic rings. The van der Waals surface area contributed by atoms with E-state index in [1.54, 1.807) is 22.6 Å². The van der Waals surface area contributed by atoms with E-state index >= 15 is 0 Å². The molecule has 0 fully saturated rings. The van der Waals surface area contributed by atoms with E-state index < -0.39 is 18.0 Å². The Morgan fingerprint density at radius 1 is 1.67 bits per heavy atom. The average Bonchev–Trinajstić information content (AvgIpc) is 2.16. The minimum Gasteiger partial charge on any atom is -0.481 e. The van der Waals surface area contributed by atoms with Gasteiger partial charge in [-0.1, -0.05) is 0 Å². The van der Waals surface area contributed by atoms with Crippen LogP contribution in [0, 0.1) is 3.57 Å². The van der Waals surface area contributed by atoms with E-state index in [1.165, 1.54) is 0 Å². The molecule has 0 spiro atoms. The van der Waals surface area contributed by atoms with Gasteiger partial charge in [-0.3, -0.25) is 0 Å². The lowest BCUT2D eigenvalue weighted by Crippen LogP contribution is -2.07. The van der Waals surface area contributed by atoms with Gasteiger partial charge in [0.15, 0.2) is 5.69 Å². The number of aromatic nitrogens is 1. The zero-order chi connectivity index (χ0) is 11.6. The van der Waals surface area contributed by atoms with Gasteiger partial charge < -0.3 is 9.84 Å². The lowest BCUT2D eigenvalue weighted by Gasteiger charge is -2.08. The molecule has 0 aliphatic heterocycles. The first-order valence-corrected chi connectivity index (χ1v) is 4.81. The van der Waals surface area contributed by atoms with Gasteiger partial charge in [-0.05, 0) is 28.7 Å². The first-order valence-electron chi connectivity index (χ1n) is 3.73. The van der Waals surface area contributed by atoms with E-state index in [4.69, 9.17) is 5.11 Å². The van der Waals surface area contributed by atoms with Crippen LogP contribution in [0.4, 0.5) is 8.78 Å². The van der Waals surface area contributed by atoms with Crippen molar-refractivity contribution >= 4 is 28.6 Å². The number of pyridine rings is 1. The predicted molar refractivity (Wildman–Crippen MR) is 55.4 cm³/mol. The molecule has 0 bridgehead atoms. The number of carboxylic acid groups (broad SMARTS) is 1. The molecule has 1 N–H and O–H groups in total. The van der Waals surface area contributed by atoms with E-state index in [0.717, 1.165) is 13.2 Å². The van der Waals surface area contributed by atoms with Gasteiger partial charge >= 0.3 is 5.97 Å². The quantitative estimate of drug-likeness (QED) is 0.865. The molecule has 0 aromatic carbocycles. The van der Waals surface area contributed by atoms with Crippen LogP contribution in [0.15, 0.2) is 6.07 Å². The number of methoxy groups -OCH3 is 1. The smallest absolute Gasteiger partial charge is 0.355 e. The Balaban J connectivity index is 3.35. The van der Waals surface area contributed by atoms with Gasteiger partial charge in [0.05, 0.1) is 12.7 Å². The largest absolute Gasteiger partial charge is 0.481 e. The summed E-state index contributed by atoms with van der Waals surface area (Å²) in [5.74, 6) is -1.64. The summed E-state index contributed by atoms with van der Waals surface area (Å²) in [6.45, 7) is 0.